The van der Waals surface area contributed by atoms with Gasteiger partial charge in [-0.1, -0.05) is 0 Å². The van der Waals surface area contributed by atoms with Crippen LogP contribution in [-0.2, 0) is 10.2 Å². The minimum Gasteiger partial charge on any atom is -0.487 e. The maximum atomic E-state index is 13.8. The van der Waals surface area contributed by atoms with Crippen molar-refractivity contribution in [1.29, 1.82) is 0 Å². The van der Waals surface area contributed by atoms with E-state index in [2.05, 4.69) is 5.32 Å². The molecule has 1 aliphatic carbocycles. The Morgan fingerprint density at radius 1 is 1.15 bits per heavy atom. The molecule has 0 saturated heterocycles. The zero-order valence-electron chi connectivity index (χ0n) is 14.3. The summed E-state index contributed by atoms with van der Waals surface area (Å²) in [6.07, 6.45) is 1.49. The summed E-state index contributed by atoms with van der Waals surface area (Å²) in [4.78, 5) is 23.9. The minimum absolute atomic E-state index is 0.129. The summed E-state index contributed by atoms with van der Waals surface area (Å²) >= 11 is 0. The SMILES string of the molecule is O=C(O)c1ccc2c(c1)[C@]1(CC[C@@H](Oc3cc(F)ccc3F)CC1)C(=O)N2. The molecule has 1 aliphatic heterocycles. The van der Waals surface area contributed by atoms with Gasteiger partial charge in [-0.25, -0.2) is 13.6 Å². The van der Waals surface area contributed by atoms with E-state index in [1.807, 2.05) is 0 Å². The van der Waals surface area contributed by atoms with Gasteiger partial charge in [-0.15, -0.1) is 0 Å². The Bertz CT molecular complexity index is 936. The van der Waals surface area contributed by atoms with Crippen molar-refractivity contribution < 1.29 is 28.2 Å². The second kappa shape index (κ2) is 6.33. The Morgan fingerprint density at radius 3 is 2.59 bits per heavy atom. The van der Waals surface area contributed by atoms with E-state index in [1.54, 1.807) is 12.1 Å². The fourth-order valence-electron chi connectivity index (χ4n) is 3.99. The first-order valence-corrected chi connectivity index (χ1v) is 8.70. The van der Waals surface area contributed by atoms with E-state index in [0.717, 1.165) is 18.2 Å². The molecular formula is C20H17F2NO4. The largest absolute Gasteiger partial charge is 0.487 e. The molecule has 2 aliphatic rings. The first-order valence-electron chi connectivity index (χ1n) is 8.70. The number of ether oxygens (including phenoxy) is 1. The molecule has 27 heavy (non-hydrogen) atoms. The molecule has 4 rings (SSSR count). The third-order valence-electron chi connectivity index (χ3n) is 5.44. The van der Waals surface area contributed by atoms with Crippen molar-refractivity contribution in [2.45, 2.75) is 37.2 Å². The van der Waals surface area contributed by atoms with E-state index >= 15 is 0 Å². The number of halogens is 2. The first kappa shape index (κ1) is 17.5. The number of benzene rings is 2. The molecular weight excluding hydrogens is 356 g/mol. The van der Waals surface area contributed by atoms with Crippen LogP contribution in [0.25, 0.3) is 0 Å². The number of hydrogen-bond acceptors (Lipinski definition) is 3. The normalized spacial score (nSPS) is 23.8. The van der Waals surface area contributed by atoms with Crippen molar-refractivity contribution in [2.75, 3.05) is 5.32 Å². The van der Waals surface area contributed by atoms with Gasteiger partial charge in [-0.3, -0.25) is 4.79 Å². The molecule has 2 aromatic carbocycles. The zero-order valence-corrected chi connectivity index (χ0v) is 14.3. The third-order valence-corrected chi connectivity index (χ3v) is 5.44. The van der Waals surface area contributed by atoms with Gasteiger partial charge in [0.25, 0.3) is 0 Å². The molecule has 1 fully saturated rings. The number of rotatable bonds is 3. The predicted molar refractivity (Wildman–Crippen MR) is 93.0 cm³/mol. The number of fused-ring (bicyclic) bond motifs is 2. The summed E-state index contributed by atoms with van der Waals surface area (Å²) in [5.41, 5.74) is 0.634. The van der Waals surface area contributed by atoms with Crippen molar-refractivity contribution in [1.82, 2.24) is 0 Å². The molecule has 0 bridgehead atoms. The van der Waals surface area contributed by atoms with E-state index < -0.39 is 23.0 Å². The molecule has 1 saturated carbocycles. The zero-order chi connectivity index (χ0) is 19.2. The lowest BCUT2D eigenvalue weighted by Crippen LogP contribution is -2.41. The Balaban J connectivity index is 1.55. The molecule has 5 nitrogen and oxygen atoms in total. The number of hydrogen-bond donors (Lipinski definition) is 2. The summed E-state index contributed by atoms with van der Waals surface area (Å²) in [5.74, 6) is -2.56. The quantitative estimate of drug-likeness (QED) is 0.856. The molecule has 0 unspecified atom stereocenters. The highest BCUT2D eigenvalue weighted by Crippen LogP contribution is 2.48. The second-order valence-corrected chi connectivity index (χ2v) is 6.99. The van der Waals surface area contributed by atoms with Crippen LogP contribution in [0, 0.1) is 11.6 Å². The average Bonchev–Trinajstić information content (AvgIpc) is 2.91. The van der Waals surface area contributed by atoms with Gasteiger partial charge in [-0.2, -0.15) is 0 Å². The molecule has 0 radical (unpaired) electrons. The summed E-state index contributed by atoms with van der Waals surface area (Å²) in [5, 5.41) is 12.1. The smallest absolute Gasteiger partial charge is 0.335 e. The monoisotopic (exact) mass is 373 g/mol. The summed E-state index contributed by atoms with van der Waals surface area (Å²) in [6.45, 7) is 0. The standard InChI is InChI=1S/C20H17F2NO4/c21-12-2-3-15(22)17(10-12)27-13-5-7-20(8-6-13)14-9-11(18(24)25)1-4-16(14)23-19(20)26/h1-4,9-10,13H,5-8H2,(H,23,26)(H,24,25)/t13-,20-. The van der Waals surface area contributed by atoms with Crippen LogP contribution in [0.1, 0.15) is 41.6 Å². The molecule has 7 heteroatoms. The van der Waals surface area contributed by atoms with E-state index in [4.69, 9.17) is 4.74 Å². The highest BCUT2D eigenvalue weighted by Gasteiger charge is 2.49. The predicted octanol–water partition coefficient (Wildman–Crippen LogP) is 3.87. The van der Waals surface area contributed by atoms with Gasteiger partial charge < -0.3 is 15.2 Å². The highest BCUT2D eigenvalue weighted by molar-refractivity contribution is 6.07. The number of carbonyl (C=O) groups is 2. The lowest BCUT2D eigenvalue weighted by atomic mass is 9.69. The van der Waals surface area contributed by atoms with Crippen LogP contribution in [-0.4, -0.2) is 23.1 Å². The third kappa shape index (κ3) is 2.93. The Kier molecular flexibility index (Phi) is 4.09. The van der Waals surface area contributed by atoms with E-state index in [1.165, 1.54) is 6.07 Å². The van der Waals surface area contributed by atoms with Gasteiger partial charge in [-0.05, 0) is 61.6 Å². The molecule has 140 valence electrons. The molecule has 1 heterocycles. The molecule has 0 aromatic heterocycles. The van der Waals surface area contributed by atoms with Gasteiger partial charge in [0.1, 0.15) is 5.82 Å². The van der Waals surface area contributed by atoms with Crippen molar-refractivity contribution in [2.24, 2.45) is 0 Å². The van der Waals surface area contributed by atoms with Crippen molar-refractivity contribution >= 4 is 17.6 Å². The Morgan fingerprint density at radius 2 is 1.89 bits per heavy atom. The molecule has 2 aromatic rings. The van der Waals surface area contributed by atoms with E-state index in [0.29, 0.717) is 36.9 Å². The maximum Gasteiger partial charge on any atom is 0.335 e. The van der Waals surface area contributed by atoms with Crippen molar-refractivity contribution in [3.05, 3.63) is 59.2 Å². The van der Waals surface area contributed by atoms with E-state index in [-0.39, 0.29) is 23.3 Å². The number of amides is 1. The summed E-state index contributed by atoms with van der Waals surface area (Å²) < 4.78 is 32.7. The Hall–Kier alpha value is -2.96. The average molecular weight is 373 g/mol. The fourth-order valence-corrected chi connectivity index (χ4v) is 3.99. The van der Waals surface area contributed by atoms with Crippen LogP contribution >= 0.6 is 0 Å². The molecule has 0 atom stereocenters. The van der Waals surface area contributed by atoms with Gasteiger partial charge in [0.2, 0.25) is 5.91 Å². The number of nitrogens with one attached hydrogen (secondary N) is 1. The van der Waals surface area contributed by atoms with Gasteiger partial charge >= 0.3 is 5.97 Å². The summed E-state index contributed by atoms with van der Waals surface area (Å²) in [6, 6.07) is 7.67. The Labute approximate surface area is 154 Å². The number of carboxylic acids is 1. The molecule has 2 N–H and O–H groups in total. The van der Waals surface area contributed by atoms with Crippen molar-refractivity contribution in [3.63, 3.8) is 0 Å². The summed E-state index contributed by atoms with van der Waals surface area (Å²) in [7, 11) is 0. The topological polar surface area (TPSA) is 75.6 Å². The minimum atomic E-state index is -1.05. The van der Waals surface area contributed by atoms with E-state index in [9.17, 15) is 23.5 Å². The van der Waals surface area contributed by atoms with Crippen LogP contribution < -0.4 is 10.1 Å². The number of aromatic carboxylic acids is 1. The van der Waals surface area contributed by atoms with Crippen LogP contribution in [0.3, 0.4) is 0 Å². The van der Waals surface area contributed by atoms with Gasteiger partial charge in [0.05, 0.1) is 17.1 Å². The number of carboxylic acid groups (broad SMARTS) is 1. The second-order valence-electron chi connectivity index (χ2n) is 6.99. The van der Waals surface area contributed by atoms with Crippen LogP contribution in [0.4, 0.5) is 14.5 Å². The number of anilines is 1. The molecule has 1 amide bonds. The lowest BCUT2D eigenvalue weighted by molar-refractivity contribution is -0.122. The van der Waals surface area contributed by atoms with Crippen LogP contribution in [0.15, 0.2) is 36.4 Å². The lowest BCUT2D eigenvalue weighted by Gasteiger charge is -2.35. The number of carbonyl (C=O) groups excluding carboxylic acids is 1. The van der Waals surface area contributed by atoms with Gasteiger partial charge in [0.15, 0.2) is 11.6 Å². The molecule has 1 spiro atoms. The van der Waals surface area contributed by atoms with Crippen LogP contribution in [0.2, 0.25) is 0 Å². The maximum absolute atomic E-state index is 13.8. The van der Waals surface area contributed by atoms with Crippen LogP contribution in [0.5, 0.6) is 5.75 Å². The van der Waals surface area contributed by atoms with Gasteiger partial charge in [0, 0.05) is 11.8 Å². The first-order chi connectivity index (χ1) is 12.9. The highest BCUT2D eigenvalue weighted by atomic mass is 19.1. The fraction of sp³-hybridized carbons (Fsp3) is 0.300. The van der Waals surface area contributed by atoms with Crippen molar-refractivity contribution in [3.8, 4) is 5.75 Å².